The number of anilines is 2. The molecule has 10 heteroatoms. The summed E-state index contributed by atoms with van der Waals surface area (Å²) < 4.78 is 42.9. The monoisotopic (exact) mass is 584 g/mol. The third kappa shape index (κ3) is 5.36. The second-order valence-electron chi connectivity index (χ2n) is 9.71. The maximum atomic E-state index is 13.7. The first-order chi connectivity index (χ1) is 19.8. The minimum absolute atomic E-state index is 0.0996. The van der Waals surface area contributed by atoms with Crippen LogP contribution in [0.15, 0.2) is 101 Å². The molecule has 1 aromatic heterocycles. The smallest absolute Gasteiger partial charge is 0.267 e. The Kier molecular flexibility index (Phi) is 7.10. The maximum absolute atomic E-state index is 13.7. The minimum Gasteiger partial charge on any atom is -0.267 e. The Morgan fingerprint density at radius 2 is 1.78 bits per heavy atom. The standard InChI is InChI=1S/C31H25FN4O3S2/c1-21-8-17-27-29(19-21)40-31(34-27)36(33-20-22-9-13-25(32)14-10-22)30(37)24-11-15-26(16-12-24)41(38,39)35-18-4-6-23-5-2-3-7-28(23)35/h2-3,5,7-17,19-20H,4,6,18H2,1H3/b33-20+. The molecule has 0 radical (unpaired) electrons. The molecule has 0 unspecified atom stereocenters. The maximum Gasteiger partial charge on any atom is 0.280 e. The number of hydrazone groups is 1. The van der Waals surface area contributed by atoms with Gasteiger partial charge in [-0.3, -0.25) is 9.10 Å². The molecule has 1 aliphatic rings. The Morgan fingerprint density at radius 1 is 1.02 bits per heavy atom. The molecule has 0 aliphatic carbocycles. The fourth-order valence-electron chi connectivity index (χ4n) is 4.74. The lowest BCUT2D eigenvalue weighted by Crippen LogP contribution is -2.35. The Labute approximate surface area is 241 Å². The molecule has 0 atom stereocenters. The number of nitrogens with zero attached hydrogens (tertiary/aromatic N) is 4. The van der Waals surface area contributed by atoms with Crippen molar-refractivity contribution >= 4 is 54.5 Å². The lowest BCUT2D eigenvalue weighted by molar-refractivity contribution is 0.0987. The molecule has 2 heterocycles. The minimum atomic E-state index is -3.82. The Hall–Kier alpha value is -4.41. The van der Waals surface area contributed by atoms with Gasteiger partial charge >= 0.3 is 0 Å². The van der Waals surface area contributed by atoms with Crippen molar-refractivity contribution in [2.75, 3.05) is 15.9 Å². The number of fused-ring (bicyclic) bond motifs is 2. The molecule has 0 fully saturated rings. The van der Waals surface area contributed by atoms with E-state index in [0.717, 1.165) is 34.2 Å². The van der Waals surface area contributed by atoms with Gasteiger partial charge in [-0.2, -0.15) is 10.1 Å². The highest BCUT2D eigenvalue weighted by Crippen LogP contribution is 2.33. The largest absolute Gasteiger partial charge is 0.280 e. The van der Waals surface area contributed by atoms with Crippen LogP contribution in [0.25, 0.3) is 10.2 Å². The number of carbonyl (C=O) groups is 1. The van der Waals surface area contributed by atoms with Crippen molar-refractivity contribution in [3.05, 3.63) is 119 Å². The first-order valence-corrected chi connectivity index (χ1v) is 15.3. The van der Waals surface area contributed by atoms with E-state index >= 15 is 0 Å². The molecule has 0 saturated carbocycles. The summed E-state index contributed by atoms with van der Waals surface area (Å²) in [6.07, 6.45) is 3.02. The fourth-order valence-corrected chi connectivity index (χ4v) is 7.30. The number of benzene rings is 4. The van der Waals surface area contributed by atoms with Crippen LogP contribution in [0.1, 0.15) is 33.5 Å². The molecule has 41 heavy (non-hydrogen) atoms. The summed E-state index contributed by atoms with van der Waals surface area (Å²) >= 11 is 1.32. The van der Waals surface area contributed by atoms with E-state index in [9.17, 15) is 17.6 Å². The lowest BCUT2D eigenvalue weighted by atomic mass is 10.0. The van der Waals surface area contributed by atoms with Gasteiger partial charge in [0.1, 0.15) is 5.82 Å². The van der Waals surface area contributed by atoms with Gasteiger partial charge in [0.15, 0.2) is 0 Å². The molecule has 0 bridgehead atoms. The van der Waals surface area contributed by atoms with E-state index < -0.39 is 15.9 Å². The normalized spacial score (nSPS) is 13.5. The molecule has 206 valence electrons. The van der Waals surface area contributed by atoms with Crippen LogP contribution in [0.2, 0.25) is 0 Å². The van der Waals surface area contributed by atoms with Gasteiger partial charge in [-0.05, 0) is 91.1 Å². The molecule has 4 aromatic carbocycles. The number of thiazole rings is 1. The summed E-state index contributed by atoms with van der Waals surface area (Å²) in [6, 6.07) is 24.9. The van der Waals surface area contributed by atoms with Crippen molar-refractivity contribution in [2.24, 2.45) is 5.10 Å². The third-order valence-corrected chi connectivity index (χ3v) is 9.68. The van der Waals surface area contributed by atoms with Crippen molar-refractivity contribution in [3.63, 3.8) is 0 Å². The zero-order chi connectivity index (χ0) is 28.6. The Morgan fingerprint density at radius 3 is 2.56 bits per heavy atom. The van der Waals surface area contributed by atoms with E-state index in [1.165, 1.54) is 63.3 Å². The van der Waals surface area contributed by atoms with Crippen LogP contribution < -0.4 is 9.31 Å². The number of hydrogen-bond donors (Lipinski definition) is 0. The van der Waals surface area contributed by atoms with Gasteiger partial charge in [0.2, 0.25) is 5.13 Å². The summed E-state index contributed by atoms with van der Waals surface area (Å²) in [5.41, 5.74) is 4.32. The quantitative estimate of drug-likeness (QED) is 0.167. The average molecular weight is 585 g/mol. The predicted molar refractivity (Wildman–Crippen MR) is 161 cm³/mol. The molecular weight excluding hydrogens is 559 g/mol. The number of carbonyl (C=O) groups excluding carboxylic acids is 1. The summed E-state index contributed by atoms with van der Waals surface area (Å²) in [5, 5.41) is 5.96. The number of rotatable bonds is 6. The van der Waals surface area contributed by atoms with Crippen molar-refractivity contribution in [2.45, 2.75) is 24.7 Å². The van der Waals surface area contributed by atoms with Crippen LogP contribution in [-0.4, -0.2) is 32.1 Å². The van der Waals surface area contributed by atoms with E-state index in [2.05, 4.69) is 10.1 Å². The molecule has 1 amide bonds. The third-order valence-electron chi connectivity index (χ3n) is 6.86. The molecule has 1 aliphatic heterocycles. The van der Waals surface area contributed by atoms with Crippen molar-refractivity contribution in [1.29, 1.82) is 0 Å². The van der Waals surface area contributed by atoms with Gasteiger partial charge < -0.3 is 0 Å². The van der Waals surface area contributed by atoms with Crippen LogP contribution in [0, 0.1) is 12.7 Å². The zero-order valence-electron chi connectivity index (χ0n) is 22.1. The highest BCUT2D eigenvalue weighted by molar-refractivity contribution is 7.92. The second-order valence-corrected chi connectivity index (χ2v) is 12.6. The fraction of sp³-hybridized carbons (Fsp3) is 0.129. The zero-order valence-corrected chi connectivity index (χ0v) is 23.7. The highest BCUT2D eigenvalue weighted by Gasteiger charge is 2.29. The Bertz CT molecular complexity index is 1890. The van der Waals surface area contributed by atoms with Crippen molar-refractivity contribution < 1.29 is 17.6 Å². The lowest BCUT2D eigenvalue weighted by Gasteiger charge is -2.30. The second kappa shape index (κ2) is 10.9. The van der Waals surface area contributed by atoms with Crippen molar-refractivity contribution in [1.82, 2.24) is 4.98 Å². The summed E-state index contributed by atoms with van der Waals surface area (Å²) in [6.45, 7) is 2.37. The Balaban J connectivity index is 1.33. The molecule has 7 nitrogen and oxygen atoms in total. The molecule has 0 spiro atoms. The van der Waals surface area contributed by atoms with Gasteiger partial charge in [-0.15, -0.1) is 0 Å². The van der Waals surface area contributed by atoms with Gasteiger partial charge in [0, 0.05) is 12.1 Å². The molecule has 0 saturated heterocycles. The average Bonchev–Trinajstić information content (AvgIpc) is 3.40. The number of para-hydroxylation sites is 1. The van der Waals surface area contributed by atoms with Gasteiger partial charge in [-0.25, -0.2) is 17.8 Å². The molecular formula is C31H25FN4O3S2. The molecule has 6 rings (SSSR count). The van der Waals surface area contributed by atoms with Crippen LogP contribution in [-0.2, 0) is 16.4 Å². The van der Waals surface area contributed by atoms with Crippen molar-refractivity contribution in [3.8, 4) is 0 Å². The topological polar surface area (TPSA) is 82.9 Å². The number of aromatic nitrogens is 1. The molecule has 0 N–H and O–H groups in total. The number of hydrogen-bond acceptors (Lipinski definition) is 6. The predicted octanol–water partition coefficient (Wildman–Crippen LogP) is 6.57. The van der Waals surface area contributed by atoms with E-state index in [0.29, 0.717) is 22.9 Å². The summed E-state index contributed by atoms with van der Waals surface area (Å²) in [7, 11) is -3.82. The van der Waals surface area contributed by atoms with E-state index in [4.69, 9.17) is 0 Å². The van der Waals surface area contributed by atoms with E-state index in [-0.39, 0.29) is 16.3 Å². The van der Waals surface area contributed by atoms with Crippen LogP contribution >= 0.6 is 11.3 Å². The van der Waals surface area contributed by atoms with E-state index in [1.54, 1.807) is 12.1 Å². The van der Waals surface area contributed by atoms with Crippen LogP contribution in [0.5, 0.6) is 0 Å². The van der Waals surface area contributed by atoms with Crippen LogP contribution in [0.3, 0.4) is 0 Å². The van der Waals surface area contributed by atoms with Gasteiger partial charge in [-0.1, -0.05) is 47.7 Å². The number of aryl methyl sites for hydroxylation is 2. The number of halogens is 1. The molecule has 5 aromatic rings. The summed E-state index contributed by atoms with van der Waals surface area (Å²) in [5.74, 6) is -0.855. The number of amides is 1. The van der Waals surface area contributed by atoms with E-state index in [1.807, 2.05) is 49.4 Å². The first kappa shape index (κ1) is 26.8. The number of sulfonamides is 1. The van der Waals surface area contributed by atoms with Gasteiger partial charge in [0.25, 0.3) is 15.9 Å². The summed E-state index contributed by atoms with van der Waals surface area (Å²) in [4.78, 5) is 18.5. The van der Waals surface area contributed by atoms with Gasteiger partial charge in [0.05, 0.1) is 27.0 Å². The highest BCUT2D eigenvalue weighted by atomic mass is 32.2. The SMILES string of the molecule is Cc1ccc2nc(N(/N=C/c3ccc(F)cc3)C(=O)c3ccc(S(=O)(=O)N4CCCc5ccccc54)cc3)sc2c1. The van der Waals surface area contributed by atoms with Crippen LogP contribution in [0.4, 0.5) is 15.2 Å². The first-order valence-electron chi connectivity index (χ1n) is 13.0.